The maximum atomic E-state index is 14.3. The summed E-state index contributed by atoms with van der Waals surface area (Å²) in [7, 11) is 0. The van der Waals surface area contributed by atoms with E-state index in [1.807, 2.05) is 4.90 Å². The van der Waals surface area contributed by atoms with E-state index in [-0.39, 0.29) is 11.0 Å². The lowest BCUT2D eigenvalue weighted by molar-refractivity contribution is 0.230. The molecule has 25 heavy (non-hydrogen) atoms. The minimum absolute atomic E-state index is 0.000322. The first-order valence-corrected chi connectivity index (χ1v) is 8.18. The molecular weight excluding hydrogens is 335 g/mol. The Morgan fingerprint density at radius 1 is 1.08 bits per heavy atom. The van der Waals surface area contributed by atoms with E-state index in [0.29, 0.717) is 24.1 Å². The summed E-state index contributed by atoms with van der Waals surface area (Å²) in [6, 6.07) is 1.28. The molecule has 0 bridgehead atoms. The average Bonchev–Trinajstić information content (AvgIpc) is 3.28. The van der Waals surface area contributed by atoms with Crippen LogP contribution in [-0.2, 0) is 0 Å². The highest BCUT2D eigenvalue weighted by molar-refractivity contribution is 5.83. The number of hydrogen-bond donors (Lipinski definition) is 0. The maximum absolute atomic E-state index is 14.3. The molecule has 2 aromatic heterocycles. The van der Waals surface area contributed by atoms with Gasteiger partial charge < -0.3 is 4.90 Å². The van der Waals surface area contributed by atoms with Gasteiger partial charge in [0.05, 0.1) is 0 Å². The molecule has 0 N–H and O–H groups in total. The van der Waals surface area contributed by atoms with Gasteiger partial charge in [-0.15, -0.1) is 5.10 Å². The zero-order valence-electron chi connectivity index (χ0n) is 13.2. The van der Waals surface area contributed by atoms with Crippen LogP contribution in [0.3, 0.4) is 0 Å². The number of hydrogen-bond acceptors (Lipinski definition) is 6. The molecule has 0 radical (unpaired) electrons. The van der Waals surface area contributed by atoms with Crippen molar-refractivity contribution in [2.45, 2.75) is 18.9 Å². The highest BCUT2D eigenvalue weighted by Crippen LogP contribution is 2.29. The number of halogens is 3. The standard InChI is InChI=1S/C15H14F3N7/c16-9-6-10-13(12(18)11(9)17)19-14(15-20-21-22-25(10)15)24-5-4-23-3-1-2-8(23)7-24/h6,8H,1-5,7H2. The summed E-state index contributed by atoms with van der Waals surface area (Å²) < 4.78 is 42.8. The monoisotopic (exact) mass is 349 g/mol. The van der Waals surface area contributed by atoms with E-state index in [2.05, 4.69) is 25.4 Å². The topological polar surface area (TPSA) is 62.5 Å². The van der Waals surface area contributed by atoms with E-state index in [9.17, 15) is 13.2 Å². The molecule has 0 amide bonds. The number of piperazine rings is 1. The molecule has 1 unspecified atom stereocenters. The van der Waals surface area contributed by atoms with Crippen molar-refractivity contribution in [3.8, 4) is 0 Å². The highest BCUT2D eigenvalue weighted by atomic mass is 19.2. The lowest BCUT2D eigenvalue weighted by Crippen LogP contribution is -2.50. The van der Waals surface area contributed by atoms with Crippen molar-refractivity contribution in [2.75, 3.05) is 31.1 Å². The Hall–Kier alpha value is -2.49. The van der Waals surface area contributed by atoms with Crippen molar-refractivity contribution in [2.24, 2.45) is 0 Å². The minimum Gasteiger partial charge on any atom is -0.351 e. The molecule has 3 aromatic rings. The summed E-state index contributed by atoms with van der Waals surface area (Å²) in [6.07, 6.45) is 2.25. The van der Waals surface area contributed by atoms with Gasteiger partial charge in [0, 0.05) is 31.7 Å². The third-order valence-electron chi connectivity index (χ3n) is 5.12. The molecule has 2 aliphatic heterocycles. The largest absolute Gasteiger partial charge is 0.351 e. The van der Waals surface area contributed by atoms with Crippen LogP contribution < -0.4 is 4.90 Å². The van der Waals surface area contributed by atoms with Crippen LogP contribution in [0.15, 0.2) is 6.07 Å². The average molecular weight is 349 g/mol. The first-order chi connectivity index (χ1) is 12.1. The summed E-state index contributed by atoms with van der Waals surface area (Å²) in [5.41, 5.74) is 0.0339. The molecule has 0 spiro atoms. The summed E-state index contributed by atoms with van der Waals surface area (Å²) >= 11 is 0. The molecule has 10 heteroatoms. The van der Waals surface area contributed by atoms with Gasteiger partial charge in [-0.3, -0.25) is 4.90 Å². The Labute approximate surface area is 140 Å². The van der Waals surface area contributed by atoms with E-state index in [1.165, 1.54) is 4.52 Å². The normalized spacial score (nSPS) is 21.4. The van der Waals surface area contributed by atoms with Crippen LogP contribution in [0.2, 0.25) is 0 Å². The summed E-state index contributed by atoms with van der Waals surface area (Å²) in [5, 5.41) is 11.4. The van der Waals surface area contributed by atoms with E-state index < -0.39 is 17.5 Å². The Morgan fingerprint density at radius 3 is 2.84 bits per heavy atom. The number of benzene rings is 1. The molecule has 2 fully saturated rings. The quantitative estimate of drug-likeness (QED) is 0.619. The van der Waals surface area contributed by atoms with E-state index in [4.69, 9.17) is 0 Å². The van der Waals surface area contributed by atoms with Gasteiger partial charge in [0.25, 0.3) is 0 Å². The van der Waals surface area contributed by atoms with Gasteiger partial charge in [0.2, 0.25) is 5.65 Å². The van der Waals surface area contributed by atoms with E-state index >= 15 is 0 Å². The van der Waals surface area contributed by atoms with Gasteiger partial charge in [-0.05, 0) is 29.8 Å². The zero-order chi connectivity index (χ0) is 17.1. The molecule has 1 atom stereocenters. The van der Waals surface area contributed by atoms with Gasteiger partial charge >= 0.3 is 0 Å². The molecule has 7 nitrogen and oxygen atoms in total. The van der Waals surface area contributed by atoms with Crippen molar-refractivity contribution in [3.05, 3.63) is 23.5 Å². The molecule has 2 saturated heterocycles. The number of aromatic nitrogens is 5. The molecule has 0 saturated carbocycles. The molecule has 130 valence electrons. The smallest absolute Gasteiger partial charge is 0.222 e. The summed E-state index contributed by atoms with van der Waals surface area (Å²) in [4.78, 5) is 8.70. The zero-order valence-corrected chi connectivity index (χ0v) is 13.2. The fraction of sp³-hybridized carbons (Fsp3) is 0.467. The van der Waals surface area contributed by atoms with Crippen LogP contribution in [0.5, 0.6) is 0 Å². The van der Waals surface area contributed by atoms with Crippen molar-refractivity contribution in [1.82, 2.24) is 29.9 Å². The van der Waals surface area contributed by atoms with Crippen LogP contribution in [0.25, 0.3) is 16.7 Å². The van der Waals surface area contributed by atoms with Gasteiger partial charge in [-0.2, -0.15) is 4.52 Å². The van der Waals surface area contributed by atoms with Crippen LogP contribution in [0.4, 0.5) is 19.0 Å². The fourth-order valence-corrected chi connectivity index (χ4v) is 3.88. The molecule has 5 rings (SSSR count). The van der Waals surface area contributed by atoms with E-state index in [1.54, 1.807) is 0 Å². The lowest BCUT2D eigenvalue weighted by atomic mass is 10.1. The number of fused-ring (bicyclic) bond motifs is 4. The fourth-order valence-electron chi connectivity index (χ4n) is 3.88. The SMILES string of the molecule is Fc1cc2c(nc(N3CCN4CCCC4C3)c3nnnn32)c(F)c1F. The third kappa shape index (κ3) is 2.10. The van der Waals surface area contributed by atoms with Crippen LogP contribution in [-0.4, -0.2) is 62.1 Å². The van der Waals surface area contributed by atoms with Crippen molar-refractivity contribution in [1.29, 1.82) is 0 Å². The Bertz CT molecular complexity index is 988. The van der Waals surface area contributed by atoms with Crippen LogP contribution >= 0.6 is 0 Å². The van der Waals surface area contributed by atoms with Gasteiger partial charge in [-0.25, -0.2) is 18.2 Å². The number of tetrazole rings is 1. The highest BCUT2D eigenvalue weighted by Gasteiger charge is 2.33. The minimum atomic E-state index is -1.54. The van der Waals surface area contributed by atoms with Crippen molar-refractivity contribution >= 4 is 22.5 Å². The Morgan fingerprint density at radius 2 is 1.96 bits per heavy atom. The Balaban J connectivity index is 1.70. The van der Waals surface area contributed by atoms with Crippen LogP contribution in [0.1, 0.15) is 12.8 Å². The van der Waals surface area contributed by atoms with Gasteiger partial charge in [0.15, 0.2) is 23.3 Å². The molecule has 4 heterocycles. The molecule has 0 aliphatic carbocycles. The van der Waals surface area contributed by atoms with Crippen LogP contribution in [0, 0.1) is 17.5 Å². The first kappa shape index (κ1) is 14.8. The first-order valence-electron chi connectivity index (χ1n) is 8.18. The predicted octanol–water partition coefficient (Wildman–Crippen LogP) is 1.37. The number of nitrogens with zero attached hydrogens (tertiary/aromatic N) is 7. The molecule has 1 aromatic carbocycles. The molecule has 2 aliphatic rings. The number of rotatable bonds is 1. The van der Waals surface area contributed by atoms with Gasteiger partial charge in [-0.1, -0.05) is 0 Å². The predicted molar refractivity (Wildman–Crippen MR) is 82.8 cm³/mol. The third-order valence-corrected chi connectivity index (χ3v) is 5.12. The second-order valence-electron chi connectivity index (χ2n) is 6.48. The van der Waals surface area contributed by atoms with Crippen molar-refractivity contribution in [3.63, 3.8) is 0 Å². The second kappa shape index (κ2) is 5.25. The maximum Gasteiger partial charge on any atom is 0.222 e. The summed E-state index contributed by atoms with van der Waals surface area (Å²) in [5.74, 6) is -3.77. The Kier molecular flexibility index (Phi) is 3.11. The number of anilines is 1. The second-order valence-corrected chi connectivity index (χ2v) is 6.48. The summed E-state index contributed by atoms with van der Waals surface area (Å²) in [6.45, 7) is 3.39. The van der Waals surface area contributed by atoms with Gasteiger partial charge in [0.1, 0.15) is 11.0 Å². The van der Waals surface area contributed by atoms with Crippen molar-refractivity contribution < 1.29 is 13.2 Å². The lowest BCUT2D eigenvalue weighted by Gasteiger charge is -2.38. The van der Waals surface area contributed by atoms with E-state index in [0.717, 1.165) is 38.5 Å². The molecular formula is C15H14F3N7.